The summed E-state index contributed by atoms with van der Waals surface area (Å²) in [6, 6.07) is 5.86. The van der Waals surface area contributed by atoms with E-state index in [1.807, 2.05) is 0 Å². The number of nitrogens with zero attached hydrogens (tertiary/aromatic N) is 4. The highest BCUT2D eigenvalue weighted by atomic mass is 19.1. The lowest BCUT2D eigenvalue weighted by molar-refractivity contribution is 0.203. The molecular formula is C18H22FN5O. The Morgan fingerprint density at radius 1 is 1.12 bits per heavy atom. The second-order valence-corrected chi connectivity index (χ2v) is 6.70. The topological polar surface area (TPSA) is 63.1 Å². The van der Waals surface area contributed by atoms with Gasteiger partial charge in [-0.05, 0) is 37.8 Å². The number of likely N-dealkylation sites (tertiary alicyclic amines) is 1. The number of rotatable bonds is 2. The van der Waals surface area contributed by atoms with Crippen molar-refractivity contribution in [3.63, 3.8) is 0 Å². The van der Waals surface area contributed by atoms with Crippen molar-refractivity contribution in [1.82, 2.24) is 19.7 Å². The van der Waals surface area contributed by atoms with Crippen molar-refractivity contribution in [3.8, 4) is 0 Å². The third-order valence-corrected chi connectivity index (χ3v) is 5.07. The molecule has 25 heavy (non-hydrogen) atoms. The number of benzene rings is 1. The molecule has 132 valence electrons. The van der Waals surface area contributed by atoms with Gasteiger partial charge in [0.1, 0.15) is 11.6 Å². The van der Waals surface area contributed by atoms with Crippen LogP contribution in [0, 0.1) is 5.82 Å². The monoisotopic (exact) mass is 343 g/mol. The fraction of sp³-hybridized carbons (Fsp3) is 0.500. The molecule has 3 heterocycles. The summed E-state index contributed by atoms with van der Waals surface area (Å²) in [6.07, 6.45) is 6.18. The van der Waals surface area contributed by atoms with Crippen LogP contribution in [-0.2, 0) is 13.0 Å². The molecule has 0 unspecified atom stereocenters. The molecule has 0 spiro atoms. The second kappa shape index (κ2) is 6.82. The van der Waals surface area contributed by atoms with Crippen molar-refractivity contribution in [2.45, 2.75) is 51.1 Å². The first-order valence-corrected chi connectivity index (χ1v) is 8.98. The summed E-state index contributed by atoms with van der Waals surface area (Å²) in [6.45, 7) is 1.56. The molecule has 7 heteroatoms. The van der Waals surface area contributed by atoms with Gasteiger partial charge < -0.3 is 14.8 Å². The van der Waals surface area contributed by atoms with Crippen LogP contribution in [0.1, 0.15) is 49.8 Å². The van der Waals surface area contributed by atoms with E-state index in [0.29, 0.717) is 6.54 Å². The Balaban J connectivity index is 1.56. The number of hydrogen-bond donors (Lipinski definition) is 1. The number of fused-ring (bicyclic) bond motifs is 1. The third-order valence-electron chi connectivity index (χ3n) is 5.07. The Morgan fingerprint density at radius 2 is 2.00 bits per heavy atom. The number of carbonyl (C=O) groups is 1. The number of para-hydroxylation sites is 1. The van der Waals surface area contributed by atoms with Crippen LogP contribution in [0.3, 0.4) is 0 Å². The highest BCUT2D eigenvalue weighted by Crippen LogP contribution is 2.33. The van der Waals surface area contributed by atoms with Crippen LogP contribution in [-0.4, -0.2) is 32.2 Å². The number of anilines is 1. The van der Waals surface area contributed by atoms with Crippen LogP contribution >= 0.6 is 0 Å². The molecule has 1 fully saturated rings. The third kappa shape index (κ3) is 3.10. The predicted molar refractivity (Wildman–Crippen MR) is 91.7 cm³/mol. The minimum absolute atomic E-state index is 0.0916. The number of halogens is 1. The molecule has 6 nitrogen and oxygen atoms in total. The van der Waals surface area contributed by atoms with E-state index in [4.69, 9.17) is 0 Å². The molecule has 0 radical (unpaired) electrons. The van der Waals surface area contributed by atoms with Crippen LogP contribution in [0.5, 0.6) is 0 Å². The smallest absolute Gasteiger partial charge is 0.314 e. The largest absolute Gasteiger partial charge is 0.322 e. The number of hydrogen-bond acceptors (Lipinski definition) is 3. The van der Waals surface area contributed by atoms with Gasteiger partial charge in [0.15, 0.2) is 5.82 Å². The molecule has 0 bridgehead atoms. The van der Waals surface area contributed by atoms with Crippen molar-refractivity contribution in [2.75, 3.05) is 11.9 Å². The summed E-state index contributed by atoms with van der Waals surface area (Å²) in [4.78, 5) is 14.5. The molecule has 2 aliphatic rings. The quantitative estimate of drug-likeness (QED) is 0.907. The van der Waals surface area contributed by atoms with E-state index in [2.05, 4.69) is 20.1 Å². The van der Waals surface area contributed by atoms with E-state index in [0.717, 1.165) is 50.3 Å². The standard InChI is InChI=1S/C18H22FN5O/c19-13-7-3-4-8-14(13)20-18(25)23-12-6-9-15(23)17-22-21-16-10-2-1-5-11-24(16)17/h3-4,7-8,15H,1-2,5-6,9-12H2,(H,20,25)/t15-/m0/s1. The average Bonchev–Trinajstić information content (AvgIpc) is 3.18. The Kier molecular flexibility index (Phi) is 4.38. The number of aromatic nitrogens is 3. The number of nitrogens with one attached hydrogen (secondary N) is 1. The van der Waals surface area contributed by atoms with Crippen LogP contribution in [0.25, 0.3) is 0 Å². The highest BCUT2D eigenvalue weighted by molar-refractivity contribution is 5.89. The average molecular weight is 343 g/mol. The first kappa shape index (κ1) is 16.1. The van der Waals surface area contributed by atoms with Gasteiger partial charge in [-0.15, -0.1) is 10.2 Å². The van der Waals surface area contributed by atoms with E-state index in [1.165, 1.54) is 12.5 Å². The van der Waals surface area contributed by atoms with Crippen LogP contribution in [0.2, 0.25) is 0 Å². The molecule has 2 aliphatic heterocycles. The normalized spacial score (nSPS) is 20.2. The first-order chi connectivity index (χ1) is 12.2. The lowest BCUT2D eigenvalue weighted by Gasteiger charge is -2.25. The first-order valence-electron chi connectivity index (χ1n) is 8.98. The molecule has 0 aliphatic carbocycles. The van der Waals surface area contributed by atoms with Gasteiger partial charge in [-0.2, -0.15) is 0 Å². The molecule has 2 aromatic rings. The highest BCUT2D eigenvalue weighted by Gasteiger charge is 2.34. The van der Waals surface area contributed by atoms with Crippen molar-refractivity contribution in [3.05, 3.63) is 41.7 Å². The Hall–Kier alpha value is -2.44. The number of carbonyl (C=O) groups excluding carboxylic acids is 1. The Bertz CT molecular complexity index is 775. The second-order valence-electron chi connectivity index (χ2n) is 6.70. The van der Waals surface area contributed by atoms with Crippen LogP contribution in [0.15, 0.2) is 24.3 Å². The van der Waals surface area contributed by atoms with E-state index in [9.17, 15) is 9.18 Å². The molecule has 1 aromatic carbocycles. The molecule has 1 N–H and O–H groups in total. The fourth-order valence-corrected chi connectivity index (χ4v) is 3.78. The van der Waals surface area contributed by atoms with Crippen molar-refractivity contribution in [1.29, 1.82) is 0 Å². The zero-order chi connectivity index (χ0) is 17.2. The van der Waals surface area contributed by atoms with E-state index >= 15 is 0 Å². The SMILES string of the molecule is O=C(Nc1ccccc1F)N1CCC[C@H]1c1nnc2n1CCCCC2. The van der Waals surface area contributed by atoms with Crippen LogP contribution < -0.4 is 5.32 Å². The summed E-state index contributed by atoms with van der Waals surface area (Å²) in [5, 5.41) is 11.4. The van der Waals surface area contributed by atoms with Gasteiger partial charge in [-0.25, -0.2) is 9.18 Å². The molecule has 2 amide bonds. The molecule has 1 aromatic heterocycles. The zero-order valence-corrected chi connectivity index (χ0v) is 14.1. The maximum atomic E-state index is 13.8. The van der Waals surface area contributed by atoms with Gasteiger partial charge in [0.25, 0.3) is 0 Å². The lowest BCUT2D eigenvalue weighted by Crippen LogP contribution is -2.35. The number of aryl methyl sites for hydroxylation is 1. The van der Waals surface area contributed by atoms with Gasteiger partial charge in [-0.1, -0.05) is 18.6 Å². The summed E-state index contributed by atoms with van der Waals surface area (Å²) in [5.41, 5.74) is 0.207. The van der Waals surface area contributed by atoms with Crippen molar-refractivity contribution in [2.24, 2.45) is 0 Å². The summed E-state index contributed by atoms with van der Waals surface area (Å²) >= 11 is 0. The van der Waals surface area contributed by atoms with E-state index in [-0.39, 0.29) is 17.8 Å². The summed E-state index contributed by atoms with van der Waals surface area (Å²) in [7, 11) is 0. The van der Waals surface area contributed by atoms with Gasteiger partial charge >= 0.3 is 6.03 Å². The lowest BCUT2D eigenvalue weighted by atomic mass is 10.2. The fourth-order valence-electron chi connectivity index (χ4n) is 3.78. The van der Waals surface area contributed by atoms with Gasteiger partial charge in [0, 0.05) is 19.5 Å². The maximum Gasteiger partial charge on any atom is 0.322 e. The summed E-state index contributed by atoms with van der Waals surface area (Å²) in [5.74, 6) is 1.47. The molecular weight excluding hydrogens is 321 g/mol. The number of urea groups is 1. The van der Waals surface area contributed by atoms with Gasteiger partial charge in [0.2, 0.25) is 0 Å². The molecule has 0 saturated carbocycles. The number of amides is 2. The summed E-state index contributed by atoms with van der Waals surface area (Å²) < 4.78 is 16.0. The van der Waals surface area contributed by atoms with E-state index < -0.39 is 5.82 Å². The van der Waals surface area contributed by atoms with Gasteiger partial charge in [-0.3, -0.25) is 0 Å². The molecule has 1 atom stereocenters. The van der Waals surface area contributed by atoms with E-state index in [1.54, 1.807) is 23.1 Å². The Labute approximate surface area is 146 Å². The predicted octanol–water partition coefficient (Wildman–Crippen LogP) is 3.51. The molecule has 4 rings (SSSR count). The van der Waals surface area contributed by atoms with Crippen molar-refractivity contribution >= 4 is 11.7 Å². The van der Waals surface area contributed by atoms with Crippen LogP contribution in [0.4, 0.5) is 14.9 Å². The van der Waals surface area contributed by atoms with Crippen molar-refractivity contribution < 1.29 is 9.18 Å². The minimum Gasteiger partial charge on any atom is -0.314 e. The molecule has 1 saturated heterocycles. The zero-order valence-electron chi connectivity index (χ0n) is 14.1. The maximum absolute atomic E-state index is 13.8. The Morgan fingerprint density at radius 3 is 2.88 bits per heavy atom. The minimum atomic E-state index is -0.428. The van der Waals surface area contributed by atoms with Gasteiger partial charge in [0.05, 0.1) is 11.7 Å².